The zero-order valence-electron chi connectivity index (χ0n) is 19.0. The van der Waals surface area contributed by atoms with Crippen molar-refractivity contribution in [1.29, 1.82) is 0 Å². The number of amides is 1. The van der Waals surface area contributed by atoms with Gasteiger partial charge in [-0.2, -0.15) is 13.2 Å². The maximum atomic E-state index is 13.1. The molecule has 0 unspecified atom stereocenters. The number of rotatable bonds is 12. The van der Waals surface area contributed by atoms with E-state index in [1.165, 1.54) is 7.11 Å². The molecule has 1 aliphatic carbocycles. The summed E-state index contributed by atoms with van der Waals surface area (Å²) in [7, 11) is 1.39. The third-order valence-corrected chi connectivity index (χ3v) is 5.76. The number of methoxy groups -OCH3 is 1. The standard InChI is InChI=1S/C21H37F3N2O5/c1-5-6-7-8-9-10-13-30-20(31-18(28)21(22,23)24)12-11-19(2,3)17(29-4)16(20)26-15(27)14-25/h16-17H,5-14,25H2,1-4H3,(H,26,27)/t16-,17+,20+/m0/s1. The lowest BCUT2D eigenvalue weighted by Gasteiger charge is -2.52. The molecule has 3 N–H and O–H groups in total. The van der Waals surface area contributed by atoms with Gasteiger partial charge in [-0.25, -0.2) is 4.79 Å². The first-order valence-corrected chi connectivity index (χ1v) is 10.9. The van der Waals surface area contributed by atoms with E-state index in [2.05, 4.69) is 12.2 Å². The van der Waals surface area contributed by atoms with Crippen molar-refractivity contribution < 1.29 is 37.0 Å². The highest BCUT2D eigenvalue weighted by Gasteiger charge is 2.59. The molecule has 182 valence electrons. The molecule has 0 bridgehead atoms. The zero-order chi connectivity index (χ0) is 23.7. The lowest BCUT2D eigenvalue weighted by atomic mass is 9.69. The summed E-state index contributed by atoms with van der Waals surface area (Å²) in [6.07, 6.45) is 0.0741. The van der Waals surface area contributed by atoms with Crippen LogP contribution in [-0.4, -0.2) is 56.2 Å². The largest absolute Gasteiger partial charge is 0.491 e. The first kappa shape index (κ1) is 27.6. The van der Waals surface area contributed by atoms with E-state index in [1.54, 1.807) is 0 Å². The van der Waals surface area contributed by atoms with Gasteiger partial charge in [0, 0.05) is 13.5 Å². The Morgan fingerprint density at radius 3 is 2.26 bits per heavy atom. The topological polar surface area (TPSA) is 99.9 Å². The number of nitrogens with one attached hydrogen (secondary N) is 1. The fourth-order valence-electron chi connectivity index (χ4n) is 4.00. The van der Waals surface area contributed by atoms with Gasteiger partial charge in [0.1, 0.15) is 6.04 Å². The van der Waals surface area contributed by atoms with Crippen molar-refractivity contribution >= 4 is 11.9 Å². The van der Waals surface area contributed by atoms with Gasteiger partial charge in [-0.1, -0.05) is 52.9 Å². The summed E-state index contributed by atoms with van der Waals surface area (Å²) in [5.74, 6) is -4.98. The minimum atomic E-state index is -5.20. The second kappa shape index (κ2) is 12.0. The molecule has 31 heavy (non-hydrogen) atoms. The highest BCUT2D eigenvalue weighted by Crippen LogP contribution is 2.45. The number of alkyl halides is 3. The van der Waals surface area contributed by atoms with Crippen LogP contribution in [0.2, 0.25) is 0 Å². The number of unbranched alkanes of at least 4 members (excludes halogenated alkanes) is 5. The first-order valence-electron chi connectivity index (χ1n) is 10.9. The molecule has 10 heteroatoms. The smallest absolute Gasteiger partial charge is 0.424 e. The average Bonchev–Trinajstić information content (AvgIpc) is 2.69. The minimum Gasteiger partial charge on any atom is -0.424 e. The number of esters is 1. The highest BCUT2D eigenvalue weighted by atomic mass is 19.4. The molecule has 3 atom stereocenters. The third-order valence-electron chi connectivity index (χ3n) is 5.76. The van der Waals surface area contributed by atoms with Crippen LogP contribution in [0.5, 0.6) is 0 Å². The molecule has 1 fully saturated rings. The van der Waals surface area contributed by atoms with Crippen molar-refractivity contribution in [2.75, 3.05) is 20.3 Å². The van der Waals surface area contributed by atoms with Crippen molar-refractivity contribution in [2.24, 2.45) is 11.1 Å². The lowest BCUT2D eigenvalue weighted by molar-refractivity contribution is -0.299. The van der Waals surface area contributed by atoms with E-state index in [0.29, 0.717) is 12.8 Å². The summed E-state index contributed by atoms with van der Waals surface area (Å²) in [5.41, 5.74) is 4.89. The Labute approximate surface area is 182 Å². The van der Waals surface area contributed by atoms with E-state index in [1.807, 2.05) is 13.8 Å². The molecule has 1 amide bonds. The van der Waals surface area contributed by atoms with Crippen LogP contribution in [-0.2, 0) is 23.8 Å². The Bertz CT molecular complexity index is 586. The summed E-state index contributed by atoms with van der Waals surface area (Å²) < 4.78 is 55.5. The Balaban J connectivity index is 3.13. The summed E-state index contributed by atoms with van der Waals surface area (Å²) >= 11 is 0. The maximum Gasteiger partial charge on any atom is 0.491 e. The Hall–Kier alpha value is -1.39. The van der Waals surface area contributed by atoms with E-state index < -0.39 is 41.4 Å². The molecule has 0 heterocycles. The first-order chi connectivity index (χ1) is 14.4. The van der Waals surface area contributed by atoms with E-state index in [0.717, 1.165) is 32.1 Å². The van der Waals surface area contributed by atoms with Crippen molar-refractivity contribution in [2.45, 2.75) is 96.2 Å². The number of ether oxygens (including phenoxy) is 3. The van der Waals surface area contributed by atoms with Crippen LogP contribution in [0.15, 0.2) is 0 Å². The summed E-state index contributed by atoms with van der Waals surface area (Å²) in [6, 6.07) is -1.15. The van der Waals surface area contributed by atoms with Gasteiger partial charge < -0.3 is 25.3 Å². The highest BCUT2D eigenvalue weighted by molar-refractivity contribution is 5.79. The van der Waals surface area contributed by atoms with Gasteiger partial charge in [-0.3, -0.25) is 4.79 Å². The van der Waals surface area contributed by atoms with E-state index in [4.69, 9.17) is 19.9 Å². The van der Waals surface area contributed by atoms with Gasteiger partial charge in [-0.15, -0.1) is 0 Å². The predicted molar refractivity (Wildman–Crippen MR) is 109 cm³/mol. The van der Waals surface area contributed by atoms with Gasteiger partial charge in [0.15, 0.2) is 0 Å². The summed E-state index contributed by atoms with van der Waals surface area (Å²) in [5, 5.41) is 2.58. The molecule has 1 rings (SSSR count). The fourth-order valence-corrected chi connectivity index (χ4v) is 4.00. The SMILES string of the molecule is CCCCCCCCO[C@@]1(OC(=O)C(F)(F)F)CCC(C)(C)[C@H](OC)[C@@H]1NC(=O)CN. The van der Waals surface area contributed by atoms with Crippen LogP contribution < -0.4 is 11.1 Å². The lowest BCUT2D eigenvalue weighted by Crippen LogP contribution is -2.69. The van der Waals surface area contributed by atoms with Crippen LogP contribution in [0.25, 0.3) is 0 Å². The van der Waals surface area contributed by atoms with Gasteiger partial charge in [0.05, 0.1) is 19.3 Å². The minimum absolute atomic E-state index is 0.0208. The van der Waals surface area contributed by atoms with Crippen LogP contribution in [0.3, 0.4) is 0 Å². The third kappa shape index (κ3) is 7.91. The molecule has 0 aromatic rings. The van der Waals surface area contributed by atoms with Gasteiger partial charge in [-0.05, 0) is 18.3 Å². The number of carbonyl (C=O) groups excluding carboxylic acids is 2. The van der Waals surface area contributed by atoms with Gasteiger partial charge >= 0.3 is 12.1 Å². The summed E-state index contributed by atoms with van der Waals surface area (Å²) in [6.45, 7) is 5.55. The van der Waals surface area contributed by atoms with Gasteiger partial charge in [0.25, 0.3) is 0 Å². The summed E-state index contributed by atoms with van der Waals surface area (Å²) in [4.78, 5) is 23.9. The molecule has 0 aromatic carbocycles. The number of halogens is 3. The van der Waals surface area contributed by atoms with E-state index >= 15 is 0 Å². The molecule has 0 aromatic heterocycles. The molecule has 0 aliphatic heterocycles. The monoisotopic (exact) mass is 454 g/mol. The van der Waals surface area contributed by atoms with Crippen molar-refractivity contribution in [3.63, 3.8) is 0 Å². The molecule has 7 nitrogen and oxygen atoms in total. The zero-order valence-corrected chi connectivity index (χ0v) is 19.0. The van der Waals surface area contributed by atoms with Crippen molar-refractivity contribution in [3.05, 3.63) is 0 Å². The molecule has 1 aliphatic rings. The van der Waals surface area contributed by atoms with Crippen LogP contribution in [0.4, 0.5) is 13.2 Å². The number of hydrogen-bond acceptors (Lipinski definition) is 6. The maximum absolute atomic E-state index is 13.1. The Morgan fingerprint density at radius 2 is 1.71 bits per heavy atom. The quantitative estimate of drug-likeness (QED) is 0.266. The molecular formula is C21H37F3N2O5. The number of nitrogens with two attached hydrogens (primary N) is 1. The second-order valence-corrected chi connectivity index (χ2v) is 8.71. The van der Waals surface area contributed by atoms with E-state index in [-0.39, 0.29) is 19.6 Å². The fraction of sp³-hybridized carbons (Fsp3) is 0.905. The van der Waals surface area contributed by atoms with Crippen LogP contribution in [0.1, 0.15) is 72.1 Å². The molecule has 1 saturated carbocycles. The molecule has 0 spiro atoms. The van der Waals surface area contributed by atoms with Crippen molar-refractivity contribution in [3.8, 4) is 0 Å². The van der Waals surface area contributed by atoms with Crippen LogP contribution >= 0.6 is 0 Å². The predicted octanol–water partition coefficient (Wildman–Crippen LogP) is 3.44. The number of hydrogen-bond donors (Lipinski definition) is 2. The van der Waals surface area contributed by atoms with Crippen LogP contribution in [0, 0.1) is 5.41 Å². The normalized spacial score (nSPS) is 25.8. The Morgan fingerprint density at radius 1 is 1.10 bits per heavy atom. The second-order valence-electron chi connectivity index (χ2n) is 8.71. The van der Waals surface area contributed by atoms with Crippen molar-refractivity contribution in [1.82, 2.24) is 5.32 Å². The average molecular weight is 455 g/mol. The van der Waals surface area contributed by atoms with E-state index in [9.17, 15) is 22.8 Å². The molecule has 0 radical (unpaired) electrons. The molecule has 0 saturated heterocycles. The van der Waals surface area contributed by atoms with Gasteiger partial charge in [0.2, 0.25) is 11.7 Å². The number of carbonyl (C=O) groups is 2. The Kier molecular flexibility index (Phi) is 10.7. The molecular weight excluding hydrogens is 417 g/mol.